The Balaban J connectivity index is 2.22. The van der Waals surface area contributed by atoms with Crippen molar-refractivity contribution in [2.24, 2.45) is 0 Å². The molecule has 2 rings (SSSR count). The maximum Gasteiger partial charge on any atom is 0.240 e. The molecule has 1 heterocycles. The molecule has 1 saturated heterocycles. The first-order chi connectivity index (χ1) is 8.40. The van der Waals surface area contributed by atoms with Crippen LogP contribution in [0.4, 0.5) is 10.1 Å². The number of hydrogen-bond donors (Lipinski definition) is 2. The predicted octanol–water partition coefficient (Wildman–Crippen LogP) is 0.864. The third-order valence-corrected chi connectivity index (χ3v) is 4.45. The summed E-state index contributed by atoms with van der Waals surface area (Å²) >= 11 is 0. The molecule has 1 aliphatic rings. The molecule has 7 heteroatoms. The lowest BCUT2D eigenvalue weighted by Gasteiger charge is -2.16. The zero-order valence-corrected chi connectivity index (χ0v) is 10.7. The van der Waals surface area contributed by atoms with Gasteiger partial charge in [-0.05, 0) is 31.5 Å². The highest BCUT2D eigenvalue weighted by Gasteiger charge is 2.29. The van der Waals surface area contributed by atoms with E-state index in [1.54, 1.807) is 6.92 Å². The number of nitrogen functional groups attached to an aromatic ring is 1. The first-order valence-corrected chi connectivity index (χ1v) is 7.07. The molecular formula is C11H15FN2O3S. The van der Waals surface area contributed by atoms with Crippen molar-refractivity contribution >= 4 is 15.7 Å². The Hall–Kier alpha value is -1.18. The standard InChI is InChI=1S/C11H15FN2O3S/c1-7-11(4-5-17-7)14-18(15,16)8-2-3-9(12)10(13)6-8/h2-3,6-7,11,14H,4-5,13H2,1H3. The van der Waals surface area contributed by atoms with E-state index in [1.807, 2.05) is 0 Å². The summed E-state index contributed by atoms with van der Waals surface area (Å²) in [7, 11) is -3.69. The fourth-order valence-corrected chi connectivity index (χ4v) is 3.22. The summed E-state index contributed by atoms with van der Waals surface area (Å²) in [6.07, 6.45) is 0.453. The van der Waals surface area contributed by atoms with E-state index in [4.69, 9.17) is 10.5 Å². The van der Waals surface area contributed by atoms with Crippen molar-refractivity contribution in [1.82, 2.24) is 4.72 Å². The maximum atomic E-state index is 13.0. The van der Waals surface area contributed by atoms with E-state index in [0.29, 0.717) is 13.0 Å². The lowest BCUT2D eigenvalue weighted by molar-refractivity contribution is 0.117. The summed E-state index contributed by atoms with van der Waals surface area (Å²) in [5.41, 5.74) is 5.17. The van der Waals surface area contributed by atoms with Gasteiger partial charge in [0.25, 0.3) is 0 Å². The average Bonchev–Trinajstić information content (AvgIpc) is 2.67. The predicted molar refractivity (Wildman–Crippen MR) is 65.0 cm³/mol. The topological polar surface area (TPSA) is 81.4 Å². The second-order valence-corrected chi connectivity index (χ2v) is 5.99. The van der Waals surface area contributed by atoms with E-state index in [2.05, 4.69) is 4.72 Å². The Bertz CT molecular complexity index is 547. The van der Waals surface area contributed by atoms with Gasteiger partial charge in [-0.3, -0.25) is 0 Å². The number of nitrogens with one attached hydrogen (secondary N) is 1. The molecule has 0 aliphatic carbocycles. The van der Waals surface area contributed by atoms with Crippen LogP contribution in [-0.4, -0.2) is 27.2 Å². The van der Waals surface area contributed by atoms with Crippen LogP contribution in [-0.2, 0) is 14.8 Å². The molecule has 100 valence electrons. The van der Waals surface area contributed by atoms with Gasteiger partial charge in [-0.25, -0.2) is 17.5 Å². The van der Waals surface area contributed by atoms with Crippen molar-refractivity contribution in [1.29, 1.82) is 0 Å². The Morgan fingerprint density at radius 2 is 2.22 bits per heavy atom. The lowest BCUT2D eigenvalue weighted by atomic mass is 10.2. The largest absolute Gasteiger partial charge is 0.396 e. The molecule has 5 nitrogen and oxygen atoms in total. The van der Waals surface area contributed by atoms with Gasteiger partial charge < -0.3 is 10.5 Å². The van der Waals surface area contributed by atoms with Crippen LogP contribution in [0, 0.1) is 5.82 Å². The number of sulfonamides is 1. The van der Waals surface area contributed by atoms with Crippen molar-refractivity contribution in [3.8, 4) is 0 Å². The minimum Gasteiger partial charge on any atom is -0.396 e. The van der Waals surface area contributed by atoms with Gasteiger partial charge in [0.1, 0.15) is 5.82 Å². The van der Waals surface area contributed by atoms with Crippen molar-refractivity contribution < 1.29 is 17.5 Å². The highest BCUT2D eigenvalue weighted by molar-refractivity contribution is 7.89. The van der Waals surface area contributed by atoms with Crippen LogP contribution in [0.15, 0.2) is 23.1 Å². The first-order valence-electron chi connectivity index (χ1n) is 5.59. The van der Waals surface area contributed by atoms with Crippen LogP contribution >= 0.6 is 0 Å². The quantitative estimate of drug-likeness (QED) is 0.801. The van der Waals surface area contributed by atoms with E-state index >= 15 is 0 Å². The molecule has 0 radical (unpaired) electrons. The highest BCUT2D eigenvalue weighted by Crippen LogP contribution is 2.19. The molecule has 1 aliphatic heterocycles. The second-order valence-electron chi connectivity index (χ2n) is 4.28. The van der Waals surface area contributed by atoms with Crippen LogP contribution in [0.2, 0.25) is 0 Å². The van der Waals surface area contributed by atoms with Gasteiger partial charge in [0, 0.05) is 6.61 Å². The highest BCUT2D eigenvalue weighted by atomic mass is 32.2. The number of halogens is 1. The molecule has 3 N–H and O–H groups in total. The summed E-state index contributed by atoms with van der Waals surface area (Å²) in [5, 5.41) is 0. The number of anilines is 1. The fraction of sp³-hybridized carbons (Fsp3) is 0.455. The summed E-state index contributed by atoms with van der Waals surface area (Å²) < 4.78 is 44.9. The minimum absolute atomic E-state index is 0.0412. The molecule has 1 fully saturated rings. The number of benzene rings is 1. The van der Waals surface area contributed by atoms with Crippen LogP contribution < -0.4 is 10.5 Å². The molecule has 1 aromatic rings. The van der Waals surface area contributed by atoms with Crippen molar-refractivity contribution in [2.45, 2.75) is 30.4 Å². The van der Waals surface area contributed by atoms with E-state index in [9.17, 15) is 12.8 Å². The van der Waals surface area contributed by atoms with Crippen LogP contribution in [0.5, 0.6) is 0 Å². The smallest absolute Gasteiger partial charge is 0.240 e. The molecule has 2 unspecified atom stereocenters. The molecule has 0 aromatic heterocycles. The van der Waals surface area contributed by atoms with Crippen LogP contribution in [0.1, 0.15) is 13.3 Å². The molecule has 0 saturated carbocycles. The summed E-state index contributed by atoms with van der Waals surface area (Å²) in [4.78, 5) is -0.0412. The minimum atomic E-state index is -3.69. The van der Waals surface area contributed by atoms with Gasteiger partial charge in [0.15, 0.2) is 0 Å². The van der Waals surface area contributed by atoms with Gasteiger partial charge >= 0.3 is 0 Å². The zero-order valence-electron chi connectivity index (χ0n) is 9.89. The Morgan fingerprint density at radius 3 is 2.78 bits per heavy atom. The Labute approximate surface area is 105 Å². The van der Waals surface area contributed by atoms with E-state index in [-0.39, 0.29) is 22.7 Å². The third-order valence-electron chi connectivity index (χ3n) is 2.96. The van der Waals surface area contributed by atoms with Crippen LogP contribution in [0.3, 0.4) is 0 Å². The normalized spacial score (nSPS) is 24.3. The Morgan fingerprint density at radius 1 is 1.50 bits per heavy atom. The van der Waals surface area contributed by atoms with Gasteiger partial charge in [-0.15, -0.1) is 0 Å². The van der Waals surface area contributed by atoms with Gasteiger partial charge in [0.05, 0.1) is 22.7 Å². The molecule has 1 aromatic carbocycles. The molecule has 0 spiro atoms. The monoisotopic (exact) mass is 274 g/mol. The van der Waals surface area contributed by atoms with Gasteiger partial charge in [0.2, 0.25) is 10.0 Å². The fourth-order valence-electron chi connectivity index (χ4n) is 1.84. The summed E-state index contributed by atoms with van der Waals surface area (Å²) in [6.45, 7) is 2.33. The summed E-state index contributed by atoms with van der Waals surface area (Å²) in [5.74, 6) is -0.633. The van der Waals surface area contributed by atoms with Crippen molar-refractivity contribution in [3.05, 3.63) is 24.0 Å². The zero-order chi connectivity index (χ0) is 13.3. The Kier molecular flexibility index (Phi) is 3.56. The molecule has 0 bridgehead atoms. The average molecular weight is 274 g/mol. The number of ether oxygens (including phenoxy) is 1. The molecule has 0 amide bonds. The van der Waals surface area contributed by atoms with E-state index < -0.39 is 15.8 Å². The number of rotatable bonds is 3. The van der Waals surface area contributed by atoms with E-state index in [0.717, 1.165) is 12.1 Å². The van der Waals surface area contributed by atoms with Gasteiger partial charge in [-0.2, -0.15) is 0 Å². The second kappa shape index (κ2) is 4.83. The molecule has 18 heavy (non-hydrogen) atoms. The maximum absolute atomic E-state index is 13.0. The summed E-state index contributed by atoms with van der Waals surface area (Å²) in [6, 6.07) is 3.08. The first kappa shape index (κ1) is 13.3. The number of hydrogen-bond acceptors (Lipinski definition) is 4. The van der Waals surface area contributed by atoms with Gasteiger partial charge in [-0.1, -0.05) is 0 Å². The molecule has 2 atom stereocenters. The molecular weight excluding hydrogens is 259 g/mol. The lowest BCUT2D eigenvalue weighted by Crippen LogP contribution is -2.39. The van der Waals surface area contributed by atoms with E-state index in [1.165, 1.54) is 6.07 Å². The SMILES string of the molecule is CC1OCCC1NS(=O)(=O)c1ccc(F)c(N)c1. The van der Waals surface area contributed by atoms with Crippen molar-refractivity contribution in [3.63, 3.8) is 0 Å². The third kappa shape index (κ3) is 2.63. The number of nitrogens with two attached hydrogens (primary N) is 1. The van der Waals surface area contributed by atoms with Crippen molar-refractivity contribution in [2.75, 3.05) is 12.3 Å². The van der Waals surface area contributed by atoms with Crippen LogP contribution in [0.25, 0.3) is 0 Å².